The minimum absolute atomic E-state index is 0.0561. The van der Waals surface area contributed by atoms with Gasteiger partial charge >= 0.3 is 0 Å². The van der Waals surface area contributed by atoms with Crippen molar-refractivity contribution >= 4 is 23.4 Å². The minimum atomic E-state index is -0.464. The Morgan fingerprint density at radius 2 is 2.00 bits per heavy atom. The summed E-state index contributed by atoms with van der Waals surface area (Å²) < 4.78 is 19.6. The van der Waals surface area contributed by atoms with Crippen molar-refractivity contribution in [3.05, 3.63) is 41.3 Å². The first-order valence-electron chi connectivity index (χ1n) is 11.4. The summed E-state index contributed by atoms with van der Waals surface area (Å²) in [6.45, 7) is 4.62. The van der Waals surface area contributed by atoms with Crippen molar-refractivity contribution in [2.45, 2.75) is 37.3 Å². The zero-order valence-corrected chi connectivity index (χ0v) is 18.0. The van der Waals surface area contributed by atoms with Gasteiger partial charge in [-0.3, -0.25) is 4.79 Å². The zero-order chi connectivity index (χ0) is 21.9. The zero-order valence-electron chi connectivity index (χ0n) is 18.0. The predicted molar refractivity (Wildman–Crippen MR) is 118 cm³/mol. The average molecular weight is 439 g/mol. The second-order valence-corrected chi connectivity index (χ2v) is 9.25. The van der Waals surface area contributed by atoms with Crippen molar-refractivity contribution in [3.8, 4) is 0 Å². The lowest BCUT2D eigenvalue weighted by molar-refractivity contribution is -0.120. The average Bonchev–Trinajstić information content (AvgIpc) is 3.45. The number of ether oxygens (including phenoxy) is 1. The summed E-state index contributed by atoms with van der Waals surface area (Å²) >= 11 is 0. The van der Waals surface area contributed by atoms with Crippen LogP contribution in [0.2, 0.25) is 0 Å². The van der Waals surface area contributed by atoms with Gasteiger partial charge in [-0.05, 0) is 37.0 Å². The van der Waals surface area contributed by atoms with E-state index in [2.05, 4.69) is 14.8 Å². The number of nitrogens with zero attached hydrogens (tertiary/aromatic N) is 5. The van der Waals surface area contributed by atoms with Gasteiger partial charge < -0.3 is 25.2 Å². The van der Waals surface area contributed by atoms with Crippen molar-refractivity contribution in [3.63, 3.8) is 0 Å². The number of carbonyl (C=O) groups is 1. The van der Waals surface area contributed by atoms with Crippen LogP contribution in [0.15, 0.2) is 24.4 Å². The Hall–Kier alpha value is -2.78. The summed E-state index contributed by atoms with van der Waals surface area (Å²) in [7, 11) is 0. The third-order valence-corrected chi connectivity index (χ3v) is 7.15. The van der Waals surface area contributed by atoms with E-state index in [0.29, 0.717) is 31.4 Å². The van der Waals surface area contributed by atoms with Crippen LogP contribution in [0.1, 0.15) is 30.4 Å². The van der Waals surface area contributed by atoms with E-state index >= 15 is 0 Å². The molecule has 2 saturated heterocycles. The van der Waals surface area contributed by atoms with Crippen molar-refractivity contribution in [2.24, 2.45) is 5.73 Å². The van der Waals surface area contributed by atoms with E-state index in [0.717, 1.165) is 62.4 Å². The number of amides is 1. The highest BCUT2D eigenvalue weighted by molar-refractivity contribution is 6.10. The maximum Gasteiger partial charge on any atom is 0.238 e. The lowest BCUT2D eigenvalue weighted by Crippen LogP contribution is -2.39. The van der Waals surface area contributed by atoms with E-state index in [1.54, 1.807) is 11.0 Å². The molecule has 3 aliphatic heterocycles. The van der Waals surface area contributed by atoms with Crippen molar-refractivity contribution < 1.29 is 13.9 Å². The Balaban J connectivity index is 1.37. The van der Waals surface area contributed by atoms with E-state index in [-0.39, 0.29) is 17.8 Å². The highest BCUT2D eigenvalue weighted by Crippen LogP contribution is 2.57. The summed E-state index contributed by atoms with van der Waals surface area (Å²) in [6, 6.07) is 4.84. The maximum atomic E-state index is 14.1. The Bertz CT molecular complexity index is 1070. The van der Waals surface area contributed by atoms with E-state index in [4.69, 9.17) is 15.5 Å². The molecule has 1 saturated carbocycles. The van der Waals surface area contributed by atoms with E-state index in [1.807, 2.05) is 6.20 Å². The number of benzene rings is 1. The topological polar surface area (TPSA) is 87.8 Å². The molecule has 1 amide bonds. The molecule has 2 aromatic rings. The molecule has 9 heteroatoms. The fourth-order valence-corrected chi connectivity index (χ4v) is 5.22. The first-order chi connectivity index (χ1) is 15.5. The molecule has 4 heterocycles. The molecule has 0 bridgehead atoms. The number of morpholine rings is 1. The molecule has 1 aromatic heterocycles. The standard InChI is InChI=1S/C23H27FN6O2/c24-16-1-2-18-19(11-16)30(21(31)23(18)4-5-23)13-15-12-26-22(29-6-3-17(25)14-29)27-20(15)28-7-9-32-10-8-28/h1-2,11-12,17H,3-10,13-14,25H2. The second-order valence-electron chi connectivity index (χ2n) is 9.25. The Kier molecular flexibility index (Phi) is 4.58. The largest absolute Gasteiger partial charge is 0.378 e. The van der Waals surface area contributed by atoms with Gasteiger partial charge in [0, 0.05) is 44.0 Å². The molecule has 3 fully saturated rings. The number of anilines is 3. The first-order valence-corrected chi connectivity index (χ1v) is 11.4. The van der Waals surface area contributed by atoms with Crippen LogP contribution in [-0.2, 0) is 21.5 Å². The maximum absolute atomic E-state index is 14.1. The number of carbonyl (C=O) groups excluding carboxylic acids is 1. The molecule has 1 spiro atoms. The fourth-order valence-electron chi connectivity index (χ4n) is 5.22. The molecule has 0 radical (unpaired) electrons. The van der Waals surface area contributed by atoms with Crippen LogP contribution >= 0.6 is 0 Å². The SMILES string of the molecule is NC1CCN(c2ncc(CN3C(=O)C4(CC4)c4ccc(F)cc43)c(N3CCOCC3)n2)C1. The van der Waals surface area contributed by atoms with Gasteiger partial charge in [0.25, 0.3) is 0 Å². The number of rotatable bonds is 4. The summed E-state index contributed by atoms with van der Waals surface area (Å²) in [5, 5.41) is 0. The Labute approximate surface area is 186 Å². The normalized spacial score (nSPS) is 23.9. The highest BCUT2D eigenvalue weighted by atomic mass is 19.1. The summed E-state index contributed by atoms with van der Waals surface area (Å²) in [4.78, 5) is 29.0. The molecule has 1 atom stereocenters. The van der Waals surface area contributed by atoms with Gasteiger partial charge in [0.15, 0.2) is 0 Å². The second kappa shape index (κ2) is 7.38. The number of nitrogens with two attached hydrogens (primary N) is 1. The monoisotopic (exact) mass is 438 g/mol. The van der Waals surface area contributed by atoms with Crippen LogP contribution in [0.5, 0.6) is 0 Å². The molecule has 8 nitrogen and oxygen atoms in total. The first kappa shape index (κ1) is 19.9. The van der Waals surface area contributed by atoms with Crippen LogP contribution in [0.25, 0.3) is 0 Å². The van der Waals surface area contributed by atoms with Crippen molar-refractivity contribution in [2.75, 3.05) is 54.1 Å². The summed E-state index contributed by atoms with van der Waals surface area (Å²) in [5.41, 5.74) is 8.11. The summed E-state index contributed by atoms with van der Waals surface area (Å²) in [5.74, 6) is 1.22. The van der Waals surface area contributed by atoms with Crippen LogP contribution in [0.4, 0.5) is 21.8 Å². The molecule has 1 aromatic carbocycles. The van der Waals surface area contributed by atoms with E-state index < -0.39 is 5.41 Å². The molecule has 168 valence electrons. The molecule has 32 heavy (non-hydrogen) atoms. The number of hydrogen-bond acceptors (Lipinski definition) is 7. The molecular formula is C23H27FN6O2. The van der Waals surface area contributed by atoms with Gasteiger partial charge in [0.05, 0.1) is 30.9 Å². The molecular weight excluding hydrogens is 411 g/mol. The smallest absolute Gasteiger partial charge is 0.238 e. The highest BCUT2D eigenvalue weighted by Gasteiger charge is 2.59. The van der Waals surface area contributed by atoms with E-state index in [1.165, 1.54) is 12.1 Å². The molecule has 6 rings (SSSR count). The van der Waals surface area contributed by atoms with Crippen LogP contribution in [0, 0.1) is 5.82 Å². The van der Waals surface area contributed by atoms with Gasteiger partial charge in [-0.25, -0.2) is 9.37 Å². The van der Waals surface area contributed by atoms with Gasteiger partial charge in [0.2, 0.25) is 11.9 Å². The van der Waals surface area contributed by atoms with Gasteiger partial charge in [-0.2, -0.15) is 4.98 Å². The van der Waals surface area contributed by atoms with Crippen molar-refractivity contribution in [1.29, 1.82) is 0 Å². The van der Waals surface area contributed by atoms with Crippen molar-refractivity contribution in [1.82, 2.24) is 9.97 Å². The van der Waals surface area contributed by atoms with Crippen LogP contribution in [0.3, 0.4) is 0 Å². The Morgan fingerprint density at radius 1 is 1.19 bits per heavy atom. The fraction of sp³-hybridized carbons (Fsp3) is 0.522. The third kappa shape index (κ3) is 3.14. The molecule has 1 unspecified atom stereocenters. The number of hydrogen-bond donors (Lipinski definition) is 1. The Morgan fingerprint density at radius 3 is 2.72 bits per heavy atom. The van der Waals surface area contributed by atoms with Gasteiger partial charge in [-0.15, -0.1) is 0 Å². The molecule has 1 aliphatic carbocycles. The minimum Gasteiger partial charge on any atom is -0.378 e. The summed E-state index contributed by atoms with van der Waals surface area (Å²) in [6.07, 6.45) is 4.38. The third-order valence-electron chi connectivity index (χ3n) is 7.15. The lowest BCUT2D eigenvalue weighted by Gasteiger charge is -2.31. The number of aromatic nitrogens is 2. The van der Waals surface area contributed by atoms with E-state index in [9.17, 15) is 9.18 Å². The van der Waals surface area contributed by atoms with Crippen LogP contribution < -0.4 is 20.4 Å². The van der Waals surface area contributed by atoms with Crippen LogP contribution in [-0.4, -0.2) is 61.3 Å². The predicted octanol–water partition coefficient (Wildman–Crippen LogP) is 1.57. The van der Waals surface area contributed by atoms with Gasteiger partial charge in [0.1, 0.15) is 11.6 Å². The van der Waals surface area contributed by atoms with Gasteiger partial charge in [-0.1, -0.05) is 6.07 Å². The number of fused-ring (bicyclic) bond motifs is 2. The number of halogens is 1. The quantitative estimate of drug-likeness (QED) is 0.775. The molecule has 2 N–H and O–H groups in total. The molecule has 4 aliphatic rings. The lowest BCUT2D eigenvalue weighted by atomic mass is 9.98.